The summed E-state index contributed by atoms with van der Waals surface area (Å²) < 4.78 is 5.22. The molecule has 22 heavy (non-hydrogen) atoms. The van der Waals surface area contributed by atoms with Gasteiger partial charge in [-0.2, -0.15) is 0 Å². The summed E-state index contributed by atoms with van der Waals surface area (Å²) >= 11 is 1.47. The van der Waals surface area contributed by atoms with Crippen LogP contribution in [-0.4, -0.2) is 15.9 Å². The molecule has 3 aromatic rings. The molecule has 0 radical (unpaired) electrons. The SMILES string of the molecule is O=C(OCc1csc(Nc2ccccc2)n1)c1cccnc1. The Labute approximate surface area is 131 Å². The average Bonchev–Trinajstić information content (AvgIpc) is 3.02. The predicted molar refractivity (Wildman–Crippen MR) is 85.2 cm³/mol. The van der Waals surface area contributed by atoms with Crippen molar-refractivity contribution < 1.29 is 9.53 Å². The highest BCUT2D eigenvalue weighted by Crippen LogP contribution is 2.21. The fraction of sp³-hybridized carbons (Fsp3) is 0.0625. The van der Waals surface area contributed by atoms with Crippen LogP contribution in [0.4, 0.5) is 10.8 Å². The maximum atomic E-state index is 11.8. The molecule has 0 atom stereocenters. The number of anilines is 2. The van der Waals surface area contributed by atoms with Gasteiger partial charge < -0.3 is 10.1 Å². The maximum absolute atomic E-state index is 11.8. The number of nitrogens with one attached hydrogen (secondary N) is 1. The maximum Gasteiger partial charge on any atom is 0.340 e. The molecule has 0 spiro atoms. The number of esters is 1. The molecule has 0 aliphatic rings. The monoisotopic (exact) mass is 311 g/mol. The Morgan fingerprint density at radius 3 is 2.82 bits per heavy atom. The van der Waals surface area contributed by atoms with Crippen LogP contribution in [0.5, 0.6) is 0 Å². The number of thiazole rings is 1. The van der Waals surface area contributed by atoms with Crippen LogP contribution in [0.15, 0.2) is 60.2 Å². The number of rotatable bonds is 5. The van der Waals surface area contributed by atoms with Gasteiger partial charge in [0.1, 0.15) is 6.61 Å². The van der Waals surface area contributed by atoms with Gasteiger partial charge in [-0.3, -0.25) is 4.98 Å². The molecule has 1 aromatic carbocycles. The molecule has 0 aliphatic carbocycles. The molecule has 0 saturated carbocycles. The van der Waals surface area contributed by atoms with Crippen molar-refractivity contribution in [1.82, 2.24) is 9.97 Å². The molecule has 1 N–H and O–H groups in total. The molecule has 0 amide bonds. The summed E-state index contributed by atoms with van der Waals surface area (Å²) in [5.41, 5.74) is 2.11. The van der Waals surface area contributed by atoms with Gasteiger partial charge in [0, 0.05) is 23.5 Å². The van der Waals surface area contributed by atoms with Gasteiger partial charge in [0.25, 0.3) is 0 Å². The van der Waals surface area contributed by atoms with Crippen molar-refractivity contribution in [2.75, 3.05) is 5.32 Å². The Balaban J connectivity index is 1.57. The van der Waals surface area contributed by atoms with Gasteiger partial charge in [0.2, 0.25) is 0 Å². The quantitative estimate of drug-likeness (QED) is 0.729. The number of benzene rings is 1. The lowest BCUT2D eigenvalue weighted by atomic mass is 10.3. The molecule has 6 heteroatoms. The number of hydrogen-bond donors (Lipinski definition) is 1. The van der Waals surface area contributed by atoms with E-state index < -0.39 is 5.97 Å². The van der Waals surface area contributed by atoms with E-state index in [0.29, 0.717) is 11.3 Å². The normalized spacial score (nSPS) is 10.2. The summed E-state index contributed by atoms with van der Waals surface area (Å²) in [5, 5.41) is 5.83. The van der Waals surface area contributed by atoms with E-state index in [9.17, 15) is 4.79 Å². The molecule has 0 fully saturated rings. The number of aromatic nitrogens is 2. The highest BCUT2D eigenvalue weighted by atomic mass is 32.1. The van der Waals surface area contributed by atoms with Gasteiger partial charge in [0.15, 0.2) is 5.13 Å². The summed E-state index contributed by atoms with van der Waals surface area (Å²) in [7, 11) is 0. The van der Waals surface area contributed by atoms with Crippen molar-refractivity contribution in [2.24, 2.45) is 0 Å². The summed E-state index contributed by atoms with van der Waals surface area (Å²) in [6.45, 7) is 0.140. The van der Waals surface area contributed by atoms with Crippen LogP contribution >= 0.6 is 11.3 Å². The first-order chi connectivity index (χ1) is 10.8. The molecule has 2 aromatic heterocycles. The standard InChI is InChI=1S/C16H13N3O2S/c20-15(12-5-4-8-17-9-12)21-10-14-11-22-16(19-14)18-13-6-2-1-3-7-13/h1-9,11H,10H2,(H,18,19). The Hall–Kier alpha value is -2.73. The Bertz CT molecular complexity index is 744. The Morgan fingerprint density at radius 2 is 2.05 bits per heavy atom. The topological polar surface area (TPSA) is 64.1 Å². The largest absolute Gasteiger partial charge is 0.456 e. The van der Waals surface area contributed by atoms with Crippen LogP contribution in [0.2, 0.25) is 0 Å². The number of ether oxygens (including phenoxy) is 1. The fourth-order valence-corrected chi connectivity index (χ4v) is 2.50. The van der Waals surface area contributed by atoms with E-state index in [4.69, 9.17) is 4.74 Å². The lowest BCUT2D eigenvalue weighted by Crippen LogP contribution is -2.05. The van der Waals surface area contributed by atoms with E-state index in [1.54, 1.807) is 18.3 Å². The highest BCUT2D eigenvalue weighted by Gasteiger charge is 2.09. The summed E-state index contributed by atoms with van der Waals surface area (Å²) in [5.74, 6) is -0.404. The Kier molecular flexibility index (Phi) is 4.41. The first-order valence-corrected chi connectivity index (χ1v) is 7.53. The van der Waals surface area contributed by atoms with Gasteiger partial charge in [-0.25, -0.2) is 9.78 Å². The van der Waals surface area contributed by atoms with E-state index in [1.165, 1.54) is 17.5 Å². The van der Waals surface area contributed by atoms with E-state index in [1.807, 2.05) is 35.7 Å². The Morgan fingerprint density at radius 1 is 1.18 bits per heavy atom. The second-order valence-corrected chi connectivity index (χ2v) is 5.31. The number of carbonyl (C=O) groups excluding carboxylic acids is 1. The predicted octanol–water partition coefficient (Wildman–Crippen LogP) is 3.64. The first kappa shape index (κ1) is 14.2. The number of pyridine rings is 1. The molecule has 110 valence electrons. The second kappa shape index (κ2) is 6.82. The number of nitrogens with zero attached hydrogens (tertiary/aromatic N) is 2. The van der Waals surface area contributed by atoms with Gasteiger partial charge in [-0.1, -0.05) is 18.2 Å². The van der Waals surface area contributed by atoms with Gasteiger partial charge in [-0.05, 0) is 24.3 Å². The second-order valence-electron chi connectivity index (χ2n) is 4.45. The van der Waals surface area contributed by atoms with Crippen molar-refractivity contribution in [3.63, 3.8) is 0 Å². The van der Waals surface area contributed by atoms with Gasteiger partial charge in [-0.15, -0.1) is 11.3 Å². The molecule has 0 unspecified atom stereocenters. The number of carbonyl (C=O) groups is 1. The van der Waals surface area contributed by atoms with E-state index in [0.717, 1.165) is 10.8 Å². The average molecular weight is 311 g/mol. The fourth-order valence-electron chi connectivity index (χ4n) is 1.78. The highest BCUT2D eigenvalue weighted by molar-refractivity contribution is 7.13. The molecule has 2 heterocycles. The minimum Gasteiger partial charge on any atom is -0.456 e. The zero-order valence-corrected chi connectivity index (χ0v) is 12.4. The molecule has 0 bridgehead atoms. The minimum absolute atomic E-state index is 0.140. The van der Waals surface area contributed by atoms with Crippen LogP contribution in [-0.2, 0) is 11.3 Å². The van der Waals surface area contributed by atoms with Crippen molar-refractivity contribution in [2.45, 2.75) is 6.61 Å². The van der Waals surface area contributed by atoms with Crippen LogP contribution in [0.1, 0.15) is 16.1 Å². The third-order valence-corrected chi connectivity index (χ3v) is 3.63. The van der Waals surface area contributed by atoms with Crippen LogP contribution < -0.4 is 5.32 Å². The van der Waals surface area contributed by atoms with E-state index in [-0.39, 0.29) is 6.61 Å². The lowest BCUT2D eigenvalue weighted by Gasteiger charge is -2.02. The molecular formula is C16H13N3O2S. The van der Waals surface area contributed by atoms with Crippen LogP contribution in [0.25, 0.3) is 0 Å². The number of para-hydroxylation sites is 1. The van der Waals surface area contributed by atoms with Crippen molar-refractivity contribution >= 4 is 28.1 Å². The molecular weight excluding hydrogens is 298 g/mol. The smallest absolute Gasteiger partial charge is 0.340 e. The van der Waals surface area contributed by atoms with Crippen molar-refractivity contribution in [3.05, 3.63) is 71.5 Å². The zero-order chi connectivity index (χ0) is 15.2. The molecule has 0 aliphatic heterocycles. The van der Waals surface area contributed by atoms with Gasteiger partial charge >= 0.3 is 5.97 Å². The van der Waals surface area contributed by atoms with Crippen LogP contribution in [0, 0.1) is 0 Å². The van der Waals surface area contributed by atoms with Crippen molar-refractivity contribution in [3.8, 4) is 0 Å². The molecule has 5 nitrogen and oxygen atoms in total. The number of hydrogen-bond acceptors (Lipinski definition) is 6. The third kappa shape index (κ3) is 3.67. The molecule has 3 rings (SSSR count). The molecule has 0 saturated heterocycles. The summed E-state index contributed by atoms with van der Waals surface area (Å²) in [6.07, 6.45) is 3.09. The third-order valence-electron chi connectivity index (χ3n) is 2.83. The summed E-state index contributed by atoms with van der Waals surface area (Å²) in [4.78, 5) is 20.1. The van der Waals surface area contributed by atoms with Crippen molar-refractivity contribution in [1.29, 1.82) is 0 Å². The first-order valence-electron chi connectivity index (χ1n) is 6.65. The summed E-state index contributed by atoms with van der Waals surface area (Å²) in [6, 6.07) is 13.1. The zero-order valence-electron chi connectivity index (χ0n) is 11.6. The lowest BCUT2D eigenvalue weighted by molar-refractivity contribution is 0.0468. The minimum atomic E-state index is -0.404. The van der Waals surface area contributed by atoms with E-state index in [2.05, 4.69) is 15.3 Å². The van der Waals surface area contributed by atoms with Crippen LogP contribution in [0.3, 0.4) is 0 Å². The van der Waals surface area contributed by atoms with E-state index >= 15 is 0 Å². The van der Waals surface area contributed by atoms with Gasteiger partial charge in [0.05, 0.1) is 11.3 Å².